The highest BCUT2D eigenvalue weighted by molar-refractivity contribution is 7.80. The van der Waals surface area contributed by atoms with Crippen LogP contribution in [0.2, 0.25) is 0 Å². The van der Waals surface area contributed by atoms with Crippen LogP contribution in [-0.2, 0) is 4.79 Å². The molecule has 0 atom stereocenters. The van der Waals surface area contributed by atoms with Crippen LogP contribution in [-0.4, -0.2) is 34.9 Å². The van der Waals surface area contributed by atoms with Gasteiger partial charge in [0.15, 0.2) is 5.11 Å². The van der Waals surface area contributed by atoms with Gasteiger partial charge in [0.05, 0.1) is 0 Å². The number of benzene rings is 1. The quantitative estimate of drug-likeness (QED) is 0.807. The Morgan fingerprint density at radius 1 is 1.12 bits per heavy atom. The third-order valence-corrected chi connectivity index (χ3v) is 4.12. The van der Waals surface area contributed by atoms with Crippen LogP contribution in [0.1, 0.15) is 50.4 Å². The van der Waals surface area contributed by atoms with Crippen molar-refractivity contribution < 1.29 is 9.59 Å². The first-order valence-corrected chi connectivity index (χ1v) is 8.70. The van der Waals surface area contributed by atoms with Crippen LogP contribution in [0, 0.1) is 5.41 Å². The van der Waals surface area contributed by atoms with Crippen LogP contribution in [0.5, 0.6) is 0 Å². The summed E-state index contributed by atoms with van der Waals surface area (Å²) in [5.74, 6) is -0.108. The molecule has 5 nitrogen and oxygen atoms in total. The van der Waals surface area contributed by atoms with Gasteiger partial charge in [-0.1, -0.05) is 26.8 Å². The van der Waals surface area contributed by atoms with Gasteiger partial charge in [0.1, 0.15) is 0 Å². The summed E-state index contributed by atoms with van der Waals surface area (Å²) in [6.07, 6.45) is 3.31. The molecular formula is C18H25N3O2S. The molecule has 2 rings (SSSR count). The predicted octanol–water partition coefficient (Wildman–Crippen LogP) is 3.17. The monoisotopic (exact) mass is 347 g/mol. The Balaban J connectivity index is 2.01. The molecule has 0 bridgehead atoms. The Morgan fingerprint density at radius 2 is 1.79 bits per heavy atom. The fourth-order valence-electron chi connectivity index (χ4n) is 2.46. The van der Waals surface area contributed by atoms with Gasteiger partial charge >= 0.3 is 0 Å². The lowest BCUT2D eigenvalue weighted by Gasteiger charge is -2.27. The molecule has 1 heterocycles. The number of hydrogen-bond acceptors (Lipinski definition) is 3. The molecule has 1 aliphatic rings. The number of anilines is 1. The molecule has 1 aliphatic heterocycles. The minimum Gasteiger partial charge on any atom is -0.339 e. The second kappa shape index (κ2) is 7.75. The molecule has 1 aromatic carbocycles. The Bertz CT molecular complexity index is 631. The van der Waals surface area contributed by atoms with Crippen LogP contribution >= 0.6 is 12.2 Å². The number of piperidine rings is 1. The van der Waals surface area contributed by atoms with Crippen LogP contribution in [0.25, 0.3) is 0 Å². The number of likely N-dealkylation sites (tertiary alicyclic amines) is 1. The maximum absolute atomic E-state index is 12.5. The number of nitrogens with one attached hydrogen (secondary N) is 2. The average molecular weight is 347 g/mol. The smallest absolute Gasteiger partial charge is 0.253 e. The molecule has 130 valence electrons. The van der Waals surface area contributed by atoms with Gasteiger partial charge in [-0.3, -0.25) is 9.59 Å². The summed E-state index contributed by atoms with van der Waals surface area (Å²) in [5, 5.41) is 5.87. The van der Waals surface area contributed by atoms with Gasteiger partial charge in [0, 0.05) is 29.8 Å². The second-order valence-electron chi connectivity index (χ2n) is 7.09. The number of rotatable bonds is 2. The molecule has 0 aromatic heterocycles. The molecule has 0 spiro atoms. The molecule has 1 aromatic rings. The van der Waals surface area contributed by atoms with Gasteiger partial charge in [0.25, 0.3) is 5.91 Å². The van der Waals surface area contributed by atoms with Crippen molar-refractivity contribution >= 4 is 34.8 Å². The van der Waals surface area contributed by atoms with Crippen LogP contribution in [0.4, 0.5) is 5.69 Å². The van der Waals surface area contributed by atoms with E-state index in [1.807, 2.05) is 37.8 Å². The van der Waals surface area contributed by atoms with Crippen LogP contribution in [0.15, 0.2) is 24.3 Å². The maximum Gasteiger partial charge on any atom is 0.253 e. The van der Waals surface area contributed by atoms with Gasteiger partial charge in [-0.05, 0) is 49.7 Å². The highest BCUT2D eigenvalue weighted by Gasteiger charge is 2.22. The van der Waals surface area contributed by atoms with Crippen molar-refractivity contribution in [1.29, 1.82) is 0 Å². The molecule has 0 radical (unpaired) electrons. The van der Waals surface area contributed by atoms with Crippen molar-refractivity contribution in [3.8, 4) is 0 Å². The summed E-state index contributed by atoms with van der Waals surface area (Å²) >= 11 is 5.18. The molecule has 1 fully saturated rings. The Labute approximate surface area is 148 Å². The van der Waals surface area contributed by atoms with E-state index in [2.05, 4.69) is 10.6 Å². The molecule has 2 N–H and O–H groups in total. The number of hydrogen-bond donors (Lipinski definition) is 2. The van der Waals surface area contributed by atoms with E-state index in [9.17, 15) is 9.59 Å². The lowest BCUT2D eigenvalue weighted by Crippen LogP contribution is -2.41. The van der Waals surface area contributed by atoms with E-state index < -0.39 is 5.41 Å². The predicted molar refractivity (Wildman–Crippen MR) is 100 cm³/mol. The topological polar surface area (TPSA) is 61.4 Å². The molecule has 0 saturated carbocycles. The first-order valence-electron chi connectivity index (χ1n) is 8.29. The van der Waals surface area contributed by atoms with E-state index in [1.54, 1.807) is 12.1 Å². The highest BCUT2D eigenvalue weighted by Crippen LogP contribution is 2.17. The highest BCUT2D eigenvalue weighted by atomic mass is 32.1. The van der Waals surface area contributed by atoms with Crippen LogP contribution in [0.3, 0.4) is 0 Å². The number of carbonyl (C=O) groups excluding carboxylic acids is 2. The van der Waals surface area contributed by atoms with Crippen molar-refractivity contribution in [3.63, 3.8) is 0 Å². The summed E-state index contributed by atoms with van der Waals surface area (Å²) in [5.41, 5.74) is 0.807. The van der Waals surface area contributed by atoms with Gasteiger partial charge in [-0.2, -0.15) is 0 Å². The maximum atomic E-state index is 12.5. The summed E-state index contributed by atoms with van der Waals surface area (Å²) in [4.78, 5) is 26.4. The van der Waals surface area contributed by atoms with Gasteiger partial charge < -0.3 is 15.5 Å². The zero-order valence-corrected chi connectivity index (χ0v) is 15.3. The zero-order valence-electron chi connectivity index (χ0n) is 14.5. The minimum atomic E-state index is -0.516. The van der Waals surface area contributed by atoms with Crippen molar-refractivity contribution in [2.75, 3.05) is 18.4 Å². The fraction of sp³-hybridized carbons (Fsp3) is 0.500. The summed E-state index contributed by atoms with van der Waals surface area (Å²) in [6, 6.07) is 7.21. The first kappa shape index (κ1) is 18.4. The average Bonchev–Trinajstić information content (AvgIpc) is 2.54. The molecule has 1 saturated heterocycles. The number of nitrogens with zero attached hydrogens (tertiary/aromatic N) is 1. The lowest BCUT2D eigenvalue weighted by molar-refractivity contribution is -0.126. The van der Waals surface area contributed by atoms with E-state index in [1.165, 1.54) is 6.42 Å². The minimum absolute atomic E-state index is 0.0444. The molecule has 6 heteroatoms. The third kappa shape index (κ3) is 5.03. The number of amides is 2. The summed E-state index contributed by atoms with van der Waals surface area (Å²) in [7, 11) is 0. The number of carbonyl (C=O) groups is 2. The van der Waals surface area contributed by atoms with Crippen molar-refractivity contribution in [2.24, 2.45) is 5.41 Å². The van der Waals surface area contributed by atoms with Gasteiger partial charge in [-0.15, -0.1) is 0 Å². The van der Waals surface area contributed by atoms with E-state index in [4.69, 9.17) is 12.2 Å². The third-order valence-electron chi connectivity index (χ3n) is 3.92. The molecule has 2 amide bonds. The summed E-state index contributed by atoms with van der Waals surface area (Å²) in [6.45, 7) is 7.10. The Hall–Kier alpha value is -1.95. The van der Waals surface area contributed by atoms with E-state index in [0.29, 0.717) is 11.3 Å². The largest absolute Gasteiger partial charge is 0.339 e. The zero-order chi connectivity index (χ0) is 17.7. The SMILES string of the molecule is CC(C)(C)C(=O)NC(=S)Nc1cccc(C(=O)N2CCCCC2)c1. The van der Waals surface area contributed by atoms with E-state index in [0.717, 1.165) is 25.9 Å². The molecule has 0 aliphatic carbocycles. The molecule has 24 heavy (non-hydrogen) atoms. The standard InChI is InChI=1S/C18H25N3O2S/c1-18(2,3)16(23)20-17(24)19-14-9-7-8-13(12-14)15(22)21-10-5-4-6-11-21/h7-9,12H,4-6,10-11H2,1-3H3,(H2,19,20,23,24). The van der Waals surface area contributed by atoms with Crippen molar-refractivity contribution in [2.45, 2.75) is 40.0 Å². The van der Waals surface area contributed by atoms with Crippen molar-refractivity contribution in [1.82, 2.24) is 10.2 Å². The van der Waals surface area contributed by atoms with Crippen LogP contribution < -0.4 is 10.6 Å². The summed E-state index contributed by atoms with van der Waals surface area (Å²) < 4.78 is 0. The van der Waals surface area contributed by atoms with Crippen molar-refractivity contribution in [3.05, 3.63) is 29.8 Å². The normalized spacial score (nSPS) is 14.9. The Morgan fingerprint density at radius 3 is 2.42 bits per heavy atom. The molecular weight excluding hydrogens is 322 g/mol. The van der Waals surface area contributed by atoms with Gasteiger partial charge in [0.2, 0.25) is 5.91 Å². The number of thiocarbonyl (C=S) groups is 1. The molecule has 0 unspecified atom stereocenters. The van der Waals surface area contributed by atoms with E-state index in [-0.39, 0.29) is 16.9 Å². The van der Waals surface area contributed by atoms with E-state index >= 15 is 0 Å². The fourth-order valence-corrected chi connectivity index (χ4v) is 2.67. The lowest BCUT2D eigenvalue weighted by atomic mass is 9.96. The first-order chi connectivity index (χ1) is 11.3. The second-order valence-corrected chi connectivity index (χ2v) is 7.50. The Kier molecular flexibility index (Phi) is 5.94. The van der Waals surface area contributed by atoms with Gasteiger partial charge in [-0.25, -0.2) is 0 Å².